The minimum atomic E-state index is -0.721. The van der Waals surface area contributed by atoms with Gasteiger partial charge in [-0.15, -0.1) is 0 Å². The van der Waals surface area contributed by atoms with E-state index in [9.17, 15) is 9.59 Å². The van der Waals surface area contributed by atoms with E-state index in [-0.39, 0.29) is 5.91 Å². The first-order chi connectivity index (χ1) is 13.0. The van der Waals surface area contributed by atoms with Crippen molar-refractivity contribution in [2.45, 2.75) is 6.04 Å². The minimum absolute atomic E-state index is 0.298. The Labute approximate surface area is 157 Å². The fourth-order valence-electron chi connectivity index (χ4n) is 3.07. The second-order valence-electron chi connectivity index (χ2n) is 6.04. The Hall–Kier alpha value is -3.48. The molecule has 2 atom stereocenters. The van der Waals surface area contributed by atoms with Crippen molar-refractivity contribution in [3.8, 4) is 11.5 Å². The molecule has 0 aliphatic carbocycles. The van der Waals surface area contributed by atoms with Gasteiger partial charge < -0.3 is 25.4 Å². The molecule has 0 bridgehead atoms. The van der Waals surface area contributed by atoms with Crippen molar-refractivity contribution in [2.75, 3.05) is 19.5 Å². The largest absolute Gasteiger partial charge is 0.497 e. The van der Waals surface area contributed by atoms with Crippen LogP contribution >= 0.6 is 0 Å². The number of hydrogen-bond acceptors (Lipinski definition) is 4. The Balaban J connectivity index is 1.90. The SMILES string of the molecule is C=C1NC(=O)N[C@H](c2ccccc2OC)[C@H]1C(=O)Nc1ccc(OC)cc1. The molecule has 1 saturated heterocycles. The second-order valence-corrected chi connectivity index (χ2v) is 6.04. The van der Waals surface area contributed by atoms with Crippen LogP contribution in [-0.2, 0) is 4.79 Å². The van der Waals surface area contributed by atoms with Crippen LogP contribution in [0.25, 0.3) is 0 Å². The molecular formula is C20H21N3O4. The number of hydrogen-bond donors (Lipinski definition) is 3. The van der Waals surface area contributed by atoms with Gasteiger partial charge in [0.05, 0.1) is 20.3 Å². The van der Waals surface area contributed by atoms with Crippen LogP contribution in [0.15, 0.2) is 60.8 Å². The van der Waals surface area contributed by atoms with E-state index in [0.717, 1.165) is 0 Å². The molecule has 3 rings (SSSR count). The van der Waals surface area contributed by atoms with E-state index in [1.54, 1.807) is 44.6 Å². The Bertz CT molecular complexity index is 864. The highest BCUT2D eigenvalue weighted by Crippen LogP contribution is 2.35. The molecule has 7 nitrogen and oxygen atoms in total. The average molecular weight is 367 g/mol. The molecule has 0 saturated carbocycles. The van der Waals surface area contributed by atoms with Crippen molar-refractivity contribution < 1.29 is 19.1 Å². The first-order valence-corrected chi connectivity index (χ1v) is 8.37. The lowest BCUT2D eigenvalue weighted by atomic mass is 9.87. The lowest BCUT2D eigenvalue weighted by Gasteiger charge is -2.34. The molecule has 1 aliphatic heterocycles. The fourth-order valence-corrected chi connectivity index (χ4v) is 3.07. The molecule has 1 heterocycles. The Morgan fingerprint density at radius 3 is 2.44 bits per heavy atom. The molecular weight excluding hydrogens is 346 g/mol. The van der Waals surface area contributed by atoms with Gasteiger partial charge in [-0.2, -0.15) is 0 Å². The maximum absolute atomic E-state index is 13.0. The highest BCUT2D eigenvalue weighted by Gasteiger charge is 2.39. The smallest absolute Gasteiger partial charge is 0.319 e. The van der Waals surface area contributed by atoms with Crippen LogP contribution in [0.1, 0.15) is 11.6 Å². The topological polar surface area (TPSA) is 88.7 Å². The average Bonchev–Trinajstić information content (AvgIpc) is 2.67. The van der Waals surface area contributed by atoms with Crippen molar-refractivity contribution in [3.63, 3.8) is 0 Å². The van der Waals surface area contributed by atoms with E-state index in [1.807, 2.05) is 18.2 Å². The number of benzene rings is 2. The van der Waals surface area contributed by atoms with Crippen molar-refractivity contribution in [2.24, 2.45) is 5.92 Å². The summed E-state index contributed by atoms with van der Waals surface area (Å²) >= 11 is 0. The highest BCUT2D eigenvalue weighted by molar-refractivity contribution is 5.97. The Morgan fingerprint density at radius 2 is 1.78 bits per heavy atom. The van der Waals surface area contributed by atoms with Crippen LogP contribution in [-0.4, -0.2) is 26.2 Å². The summed E-state index contributed by atoms with van der Waals surface area (Å²) in [7, 11) is 3.12. The van der Waals surface area contributed by atoms with Gasteiger partial charge in [-0.3, -0.25) is 4.79 Å². The van der Waals surface area contributed by atoms with E-state index >= 15 is 0 Å². The first kappa shape index (κ1) is 18.3. The van der Waals surface area contributed by atoms with Crippen LogP contribution in [0.2, 0.25) is 0 Å². The molecule has 0 spiro atoms. The van der Waals surface area contributed by atoms with Gasteiger partial charge in [0.1, 0.15) is 17.4 Å². The molecule has 27 heavy (non-hydrogen) atoms. The predicted octanol–water partition coefficient (Wildman–Crippen LogP) is 2.83. The van der Waals surface area contributed by atoms with E-state index in [2.05, 4.69) is 22.5 Å². The van der Waals surface area contributed by atoms with Crippen LogP contribution in [0.3, 0.4) is 0 Å². The zero-order valence-electron chi connectivity index (χ0n) is 15.1. The van der Waals surface area contributed by atoms with Gasteiger partial charge >= 0.3 is 6.03 Å². The maximum Gasteiger partial charge on any atom is 0.319 e. The number of nitrogens with one attached hydrogen (secondary N) is 3. The number of methoxy groups -OCH3 is 2. The van der Waals surface area contributed by atoms with E-state index in [1.165, 1.54) is 0 Å². The third-order valence-electron chi connectivity index (χ3n) is 4.38. The summed E-state index contributed by atoms with van der Waals surface area (Å²) in [5.41, 5.74) is 1.64. The summed E-state index contributed by atoms with van der Waals surface area (Å²) in [4.78, 5) is 25.0. The molecule has 1 fully saturated rings. The minimum Gasteiger partial charge on any atom is -0.497 e. The number of para-hydroxylation sites is 1. The highest BCUT2D eigenvalue weighted by atomic mass is 16.5. The number of anilines is 1. The van der Waals surface area contributed by atoms with Crippen LogP contribution in [0, 0.1) is 5.92 Å². The molecule has 140 valence electrons. The monoisotopic (exact) mass is 367 g/mol. The Morgan fingerprint density at radius 1 is 1.07 bits per heavy atom. The summed E-state index contributed by atoms with van der Waals surface area (Å²) in [5, 5.41) is 8.24. The van der Waals surface area contributed by atoms with Gasteiger partial charge in [-0.1, -0.05) is 24.8 Å². The molecule has 3 N–H and O–H groups in total. The zero-order chi connectivity index (χ0) is 19.4. The van der Waals surface area contributed by atoms with Gasteiger partial charge in [-0.25, -0.2) is 4.79 Å². The van der Waals surface area contributed by atoms with Crippen molar-refractivity contribution in [1.82, 2.24) is 10.6 Å². The number of ether oxygens (including phenoxy) is 2. The molecule has 2 aromatic carbocycles. The molecule has 0 unspecified atom stereocenters. The van der Waals surface area contributed by atoms with E-state index < -0.39 is 18.0 Å². The molecule has 2 aromatic rings. The number of urea groups is 1. The summed E-state index contributed by atoms with van der Waals surface area (Å²) in [6, 6.07) is 13.2. The lowest BCUT2D eigenvalue weighted by molar-refractivity contribution is -0.119. The molecule has 7 heteroatoms. The molecule has 0 radical (unpaired) electrons. The third kappa shape index (κ3) is 3.87. The molecule has 3 amide bonds. The third-order valence-corrected chi connectivity index (χ3v) is 4.38. The predicted molar refractivity (Wildman–Crippen MR) is 102 cm³/mol. The van der Waals surface area contributed by atoms with Crippen LogP contribution in [0.5, 0.6) is 11.5 Å². The van der Waals surface area contributed by atoms with Gasteiger partial charge in [0, 0.05) is 16.9 Å². The van der Waals surface area contributed by atoms with Crippen molar-refractivity contribution >= 4 is 17.6 Å². The maximum atomic E-state index is 13.0. The number of rotatable bonds is 5. The van der Waals surface area contributed by atoms with E-state index in [4.69, 9.17) is 9.47 Å². The summed E-state index contributed by atoms with van der Waals surface area (Å²) in [6.45, 7) is 3.87. The van der Waals surface area contributed by atoms with Gasteiger partial charge in [0.25, 0.3) is 0 Å². The standard InChI is InChI=1S/C20H21N3O4/c1-12-17(19(24)22-13-8-10-14(26-2)11-9-13)18(23-20(25)21-12)15-6-4-5-7-16(15)27-3/h4-11,17-18H,1H2,2-3H3,(H,22,24)(H2,21,23,25)/t17-,18+/m0/s1. The van der Waals surface area contributed by atoms with Crippen molar-refractivity contribution in [1.29, 1.82) is 0 Å². The number of carbonyl (C=O) groups excluding carboxylic acids is 2. The lowest BCUT2D eigenvalue weighted by Crippen LogP contribution is -2.51. The van der Waals surface area contributed by atoms with Crippen LogP contribution < -0.4 is 25.4 Å². The summed E-state index contributed by atoms with van der Waals surface area (Å²) < 4.78 is 10.5. The normalized spacial score (nSPS) is 18.9. The quantitative estimate of drug-likeness (QED) is 0.758. The zero-order valence-corrected chi connectivity index (χ0v) is 15.1. The van der Waals surface area contributed by atoms with Gasteiger partial charge in [-0.05, 0) is 30.3 Å². The molecule has 1 aliphatic rings. The van der Waals surface area contributed by atoms with Crippen molar-refractivity contribution in [3.05, 3.63) is 66.4 Å². The van der Waals surface area contributed by atoms with Gasteiger partial charge in [0.2, 0.25) is 5.91 Å². The van der Waals surface area contributed by atoms with E-state index in [0.29, 0.717) is 28.4 Å². The second kappa shape index (κ2) is 7.82. The number of amides is 3. The summed E-state index contributed by atoms with van der Waals surface area (Å²) in [6.07, 6.45) is 0. The van der Waals surface area contributed by atoms with Gasteiger partial charge in [0.15, 0.2) is 0 Å². The van der Waals surface area contributed by atoms with Crippen LogP contribution in [0.4, 0.5) is 10.5 Å². The number of carbonyl (C=O) groups is 2. The molecule has 0 aromatic heterocycles. The Kier molecular flexibility index (Phi) is 5.30. The first-order valence-electron chi connectivity index (χ1n) is 8.37. The summed E-state index contributed by atoms with van der Waals surface area (Å²) in [5.74, 6) is 0.255. The fraction of sp³-hybridized carbons (Fsp3) is 0.200.